The first-order valence-electron chi connectivity index (χ1n) is 6.70. The Morgan fingerprint density at radius 3 is 2.33 bits per heavy atom. The second-order valence-corrected chi connectivity index (χ2v) is 5.94. The molecule has 1 unspecified atom stereocenters. The number of ether oxygens (including phenoxy) is 1. The van der Waals surface area contributed by atoms with Crippen molar-refractivity contribution in [1.82, 2.24) is 0 Å². The highest BCUT2D eigenvalue weighted by Crippen LogP contribution is 2.19. The van der Waals surface area contributed by atoms with Crippen molar-refractivity contribution < 1.29 is 22.3 Å². The number of non-ortho nitro benzene ring substituents is 1. The highest BCUT2D eigenvalue weighted by molar-refractivity contribution is 7.86. The number of nitro benzene ring substituents is 1. The predicted molar refractivity (Wildman–Crippen MR) is 76.3 cm³/mol. The fourth-order valence-electron chi connectivity index (χ4n) is 1.50. The number of benzene rings is 1. The predicted octanol–water partition coefficient (Wildman–Crippen LogP) is 2.85. The Kier molecular flexibility index (Phi) is 6.73. The van der Waals surface area contributed by atoms with Gasteiger partial charge in [-0.2, -0.15) is 8.42 Å². The second-order valence-electron chi connectivity index (χ2n) is 4.36. The molecule has 0 bridgehead atoms. The number of nitro groups is 1. The molecule has 0 saturated heterocycles. The van der Waals surface area contributed by atoms with E-state index in [0.717, 1.165) is 37.1 Å². The van der Waals surface area contributed by atoms with Crippen LogP contribution in [-0.2, 0) is 19.0 Å². The van der Waals surface area contributed by atoms with Gasteiger partial charge in [0, 0.05) is 18.7 Å². The summed E-state index contributed by atoms with van der Waals surface area (Å²) in [5.41, 5.74) is -0.180. The monoisotopic (exact) mass is 317 g/mol. The first-order valence-corrected chi connectivity index (χ1v) is 8.11. The molecule has 0 radical (unpaired) electrons. The topological polar surface area (TPSA) is 95.7 Å². The molecule has 0 aromatic heterocycles. The summed E-state index contributed by atoms with van der Waals surface area (Å²) in [5, 5.41) is 10.5. The molecule has 0 fully saturated rings. The second kappa shape index (κ2) is 8.06. The van der Waals surface area contributed by atoms with Crippen LogP contribution < -0.4 is 0 Å². The largest absolute Gasteiger partial charge is 0.351 e. The minimum atomic E-state index is -4.00. The summed E-state index contributed by atoms with van der Waals surface area (Å²) >= 11 is 0. The Hall–Kier alpha value is -1.51. The van der Waals surface area contributed by atoms with Crippen LogP contribution in [0.4, 0.5) is 5.69 Å². The van der Waals surface area contributed by atoms with E-state index in [1.165, 1.54) is 0 Å². The van der Waals surface area contributed by atoms with Crippen LogP contribution in [0.5, 0.6) is 0 Å². The van der Waals surface area contributed by atoms with Crippen molar-refractivity contribution in [3.05, 3.63) is 34.4 Å². The summed E-state index contributed by atoms with van der Waals surface area (Å²) in [7, 11) is -4.00. The summed E-state index contributed by atoms with van der Waals surface area (Å²) < 4.78 is 34.4. The number of rotatable bonds is 9. The molecule has 1 aromatic carbocycles. The fraction of sp³-hybridized carbons (Fsp3) is 0.538. The maximum Gasteiger partial charge on any atom is 0.299 e. The van der Waals surface area contributed by atoms with Gasteiger partial charge in [-0.05, 0) is 25.0 Å². The highest BCUT2D eigenvalue weighted by atomic mass is 32.2. The molecule has 0 aliphatic heterocycles. The number of hydrogen-bond acceptors (Lipinski definition) is 6. The van der Waals surface area contributed by atoms with Crippen LogP contribution in [0.2, 0.25) is 0 Å². The number of nitrogens with zero attached hydrogens (tertiary/aromatic N) is 1. The molecule has 7 nitrogen and oxygen atoms in total. The maximum absolute atomic E-state index is 12.0. The van der Waals surface area contributed by atoms with Crippen molar-refractivity contribution in [2.24, 2.45) is 0 Å². The van der Waals surface area contributed by atoms with Crippen LogP contribution in [0.25, 0.3) is 0 Å². The van der Waals surface area contributed by atoms with Crippen molar-refractivity contribution in [3.63, 3.8) is 0 Å². The SMILES string of the molecule is CCCCOC(CC)OS(=O)(=O)c1ccc([N+](=O)[O-])cc1. The minimum Gasteiger partial charge on any atom is -0.351 e. The molecule has 1 rings (SSSR count). The van der Waals surface area contributed by atoms with E-state index >= 15 is 0 Å². The molecule has 8 heteroatoms. The quantitative estimate of drug-likeness (QED) is 0.228. The molecule has 21 heavy (non-hydrogen) atoms. The Labute approximate surface area is 124 Å². The third-order valence-electron chi connectivity index (χ3n) is 2.71. The van der Waals surface area contributed by atoms with E-state index in [4.69, 9.17) is 8.92 Å². The lowest BCUT2D eigenvalue weighted by molar-refractivity contribution is -0.384. The summed E-state index contributed by atoms with van der Waals surface area (Å²) in [4.78, 5) is 9.81. The van der Waals surface area contributed by atoms with Gasteiger partial charge in [0.15, 0.2) is 6.29 Å². The van der Waals surface area contributed by atoms with Gasteiger partial charge in [-0.25, -0.2) is 4.18 Å². The summed E-state index contributed by atoms with van der Waals surface area (Å²) in [6.45, 7) is 4.17. The van der Waals surface area contributed by atoms with E-state index in [1.807, 2.05) is 6.92 Å². The van der Waals surface area contributed by atoms with Crippen LogP contribution in [-0.4, -0.2) is 26.2 Å². The Balaban J connectivity index is 2.77. The first kappa shape index (κ1) is 17.5. The van der Waals surface area contributed by atoms with Crippen molar-refractivity contribution in [2.75, 3.05) is 6.61 Å². The number of unbranched alkanes of at least 4 members (excludes halogenated alkanes) is 1. The van der Waals surface area contributed by atoms with Crippen LogP contribution in [0.15, 0.2) is 29.2 Å². The molecule has 1 aromatic rings. The smallest absolute Gasteiger partial charge is 0.299 e. The zero-order valence-corrected chi connectivity index (χ0v) is 12.8. The van der Waals surface area contributed by atoms with Gasteiger partial charge in [-0.3, -0.25) is 10.1 Å². The van der Waals surface area contributed by atoms with Crippen LogP contribution >= 0.6 is 0 Å². The molecule has 118 valence electrons. The van der Waals surface area contributed by atoms with Crippen LogP contribution in [0.1, 0.15) is 33.1 Å². The van der Waals surface area contributed by atoms with E-state index < -0.39 is 21.3 Å². The van der Waals surface area contributed by atoms with E-state index in [2.05, 4.69) is 0 Å². The number of hydrogen-bond donors (Lipinski definition) is 0. The lowest BCUT2D eigenvalue weighted by Crippen LogP contribution is -2.21. The third-order valence-corrected chi connectivity index (χ3v) is 4.02. The van der Waals surface area contributed by atoms with E-state index in [-0.39, 0.29) is 10.6 Å². The standard InChI is InChI=1S/C13H19NO6S/c1-3-5-10-19-13(4-2)20-21(17,18)12-8-6-11(7-9-12)14(15)16/h6-9,13H,3-5,10H2,1-2H3. The fourth-order valence-corrected chi connectivity index (χ4v) is 2.56. The van der Waals surface area contributed by atoms with Gasteiger partial charge >= 0.3 is 0 Å². The Bertz CT molecular complexity index is 555. The van der Waals surface area contributed by atoms with Crippen LogP contribution in [0, 0.1) is 10.1 Å². The van der Waals surface area contributed by atoms with Crippen molar-refractivity contribution in [2.45, 2.75) is 44.3 Å². The van der Waals surface area contributed by atoms with Gasteiger partial charge in [0.2, 0.25) is 0 Å². The van der Waals surface area contributed by atoms with Gasteiger partial charge in [0.25, 0.3) is 15.8 Å². The van der Waals surface area contributed by atoms with E-state index in [1.54, 1.807) is 6.92 Å². The van der Waals surface area contributed by atoms with Gasteiger partial charge in [0.05, 0.1) is 9.82 Å². The van der Waals surface area contributed by atoms with Crippen molar-refractivity contribution >= 4 is 15.8 Å². The molecule has 0 spiro atoms. The molecule has 1 atom stereocenters. The molecule has 0 saturated carbocycles. The zero-order chi connectivity index (χ0) is 15.9. The minimum absolute atomic E-state index is 0.134. The molecular weight excluding hydrogens is 298 g/mol. The summed E-state index contributed by atoms with van der Waals surface area (Å²) in [5.74, 6) is 0. The molecule has 0 aliphatic rings. The zero-order valence-electron chi connectivity index (χ0n) is 12.0. The summed E-state index contributed by atoms with van der Waals surface area (Å²) in [6.07, 6.45) is 1.29. The van der Waals surface area contributed by atoms with E-state index in [0.29, 0.717) is 13.0 Å². The lowest BCUT2D eigenvalue weighted by Gasteiger charge is -2.16. The Morgan fingerprint density at radius 1 is 1.24 bits per heavy atom. The van der Waals surface area contributed by atoms with Gasteiger partial charge < -0.3 is 4.74 Å². The average molecular weight is 317 g/mol. The molecule has 0 N–H and O–H groups in total. The van der Waals surface area contributed by atoms with Crippen molar-refractivity contribution in [3.8, 4) is 0 Å². The molecule has 0 aliphatic carbocycles. The van der Waals surface area contributed by atoms with Crippen molar-refractivity contribution in [1.29, 1.82) is 0 Å². The molecular formula is C13H19NO6S. The van der Waals surface area contributed by atoms with Gasteiger partial charge in [-0.15, -0.1) is 0 Å². The first-order chi connectivity index (χ1) is 9.90. The maximum atomic E-state index is 12.0. The Morgan fingerprint density at radius 2 is 1.86 bits per heavy atom. The average Bonchev–Trinajstić information content (AvgIpc) is 2.46. The third kappa shape index (κ3) is 5.41. The summed E-state index contributed by atoms with van der Waals surface area (Å²) in [6, 6.07) is 4.53. The van der Waals surface area contributed by atoms with Gasteiger partial charge in [0.1, 0.15) is 0 Å². The van der Waals surface area contributed by atoms with E-state index in [9.17, 15) is 18.5 Å². The molecule has 0 heterocycles. The van der Waals surface area contributed by atoms with Gasteiger partial charge in [-0.1, -0.05) is 20.3 Å². The normalized spacial score (nSPS) is 13.0. The molecule has 0 amide bonds. The highest BCUT2D eigenvalue weighted by Gasteiger charge is 2.22. The lowest BCUT2D eigenvalue weighted by atomic mass is 10.3. The van der Waals surface area contributed by atoms with Crippen LogP contribution in [0.3, 0.4) is 0 Å².